The third kappa shape index (κ3) is 4.01. The Hall–Kier alpha value is -2.48. The Balaban J connectivity index is 1.66. The van der Waals surface area contributed by atoms with Crippen molar-refractivity contribution in [2.75, 3.05) is 50.6 Å². The molecule has 1 saturated heterocycles. The molecule has 1 aromatic carbocycles. The van der Waals surface area contributed by atoms with Gasteiger partial charge < -0.3 is 24.6 Å². The van der Waals surface area contributed by atoms with Crippen LogP contribution >= 0.6 is 11.3 Å². The van der Waals surface area contributed by atoms with Crippen LogP contribution in [0.25, 0.3) is 0 Å². The second-order valence-electron chi connectivity index (χ2n) is 6.09. The molecule has 26 heavy (non-hydrogen) atoms. The van der Waals surface area contributed by atoms with Crippen molar-refractivity contribution in [1.82, 2.24) is 9.88 Å². The van der Waals surface area contributed by atoms with E-state index in [4.69, 9.17) is 9.47 Å². The SMILES string of the molecule is COc1cc(C)c(NC(=O)N2CCCN(c3nccs3)CC2)cc1OC. The fourth-order valence-electron chi connectivity index (χ4n) is 2.99. The molecule has 140 valence electrons. The van der Waals surface area contributed by atoms with Crippen LogP contribution in [0.2, 0.25) is 0 Å². The van der Waals surface area contributed by atoms with E-state index >= 15 is 0 Å². The van der Waals surface area contributed by atoms with Crippen LogP contribution in [0.5, 0.6) is 11.5 Å². The first-order valence-corrected chi connectivity index (χ1v) is 9.43. The van der Waals surface area contributed by atoms with Gasteiger partial charge in [-0.05, 0) is 25.0 Å². The molecule has 0 saturated carbocycles. The topological polar surface area (TPSA) is 66.9 Å². The maximum atomic E-state index is 12.7. The number of nitrogens with one attached hydrogen (secondary N) is 1. The average molecular weight is 376 g/mol. The van der Waals surface area contributed by atoms with Crippen LogP contribution < -0.4 is 19.7 Å². The monoisotopic (exact) mass is 376 g/mol. The van der Waals surface area contributed by atoms with Crippen molar-refractivity contribution in [2.24, 2.45) is 0 Å². The van der Waals surface area contributed by atoms with Gasteiger partial charge in [0, 0.05) is 49.5 Å². The number of carbonyl (C=O) groups is 1. The van der Waals surface area contributed by atoms with Gasteiger partial charge in [-0.15, -0.1) is 11.3 Å². The summed E-state index contributed by atoms with van der Waals surface area (Å²) in [6.07, 6.45) is 2.73. The molecule has 2 aromatic rings. The van der Waals surface area contributed by atoms with E-state index in [0.29, 0.717) is 18.0 Å². The van der Waals surface area contributed by atoms with Gasteiger partial charge in [0.15, 0.2) is 16.6 Å². The molecule has 1 aliphatic rings. The first-order valence-electron chi connectivity index (χ1n) is 8.55. The number of benzene rings is 1. The van der Waals surface area contributed by atoms with Gasteiger partial charge in [-0.3, -0.25) is 0 Å². The number of aryl methyl sites for hydroxylation is 1. The van der Waals surface area contributed by atoms with E-state index in [-0.39, 0.29) is 6.03 Å². The van der Waals surface area contributed by atoms with Crippen LogP contribution in [0.15, 0.2) is 23.7 Å². The van der Waals surface area contributed by atoms with E-state index < -0.39 is 0 Å². The molecule has 0 bridgehead atoms. The highest BCUT2D eigenvalue weighted by Crippen LogP contribution is 2.33. The van der Waals surface area contributed by atoms with Crippen molar-refractivity contribution >= 4 is 28.2 Å². The zero-order valence-electron chi connectivity index (χ0n) is 15.3. The highest BCUT2D eigenvalue weighted by Gasteiger charge is 2.21. The number of methoxy groups -OCH3 is 2. The van der Waals surface area contributed by atoms with Gasteiger partial charge in [0.1, 0.15) is 0 Å². The van der Waals surface area contributed by atoms with Crippen molar-refractivity contribution in [3.8, 4) is 11.5 Å². The van der Waals surface area contributed by atoms with Crippen molar-refractivity contribution < 1.29 is 14.3 Å². The van der Waals surface area contributed by atoms with Gasteiger partial charge in [-0.1, -0.05) is 0 Å². The molecule has 1 fully saturated rings. The standard InChI is InChI=1S/C18H24N4O3S/c1-13-11-15(24-2)16(25-3)12-14(13)20-17(23)21-6-4-7-22(9-8-21)18-19-5-10-26-18/h5,10-12H,4,6-9H2,1-3H3,(H,20,23). The van der Waals surface area contributed by atoms with Crippen molar-refractivity contribution in [2.45, 2.75) is 13.3 Å². The van der Waals surface area contributed by atoms with Crippen LogP contribution in [-0.4, -0.2) is 56.3 Å². The Bertz CT molecular complexity index is 751. The van der Waals surface area contributed by atoms with Crippen LogP contribution in [0, 0.1) is 6.92 Å². The summed E-state index contributed by atoms with van der Waals surface area (Å²) < 4.78 is 10.6. The van der Waals surface area contributed by atoms with E-state index in [2.05, 4.69) is 15.2 Å². The number of aromatic nitrogens is 1. The first-order chi connectivity index (χ1) is 12.6. The normalized spacial score (nSPS) is 14.7. The number of hydrogen-bond donors (Lipinski definition) is 1. The number of hydrogen-bond acceptors (Lipinski definition) is 6. The number of anilines is 2. The third-order valence-corrected chi connectivity index (χ3v) is 5.28. The molecule has 3 rings (SSSR count). The molecule has 0 radical (unpaired) electrons. The van der Waals surface area contributed by atoms with Gasteiger partial charge in [-0.2, -0.15) is 0 Å². The van der Waals surface area contributed by atoms with E-state index in [1.165, 1.54) is 0 Å². The first kappa shape index (κ1) is 18.3. The summed E-state index contributed by atoms with van der Waals surface area (Å²) >= 11 is 1.63. The lowest BCUT2D eigenvalue weighted by molar-refractivity contribution is 0.215. The Morgan fingerprint density at radius 1 is 1.15 bits per heavy atom. The van der Waals surface area contributed by atoms with Gasteiger partial charge in [0.2, 0.25) is 0 Å². The number of thiazole rings is 1. The Morgan fingerprint density at radius 2 is 1.92 bits per heavy atom. The second kappa shape index (κ2) is 8.27. The van der Waals surface area contributed by atoms with Gasteiger partial charge in [-0.25, -0.2) is 9.78 Å². The van der Waals surface area contributed by atoms with Gasteiger partial charge in [0.25, 0.3) is 0 Å². The number of amides is 2. The number of ether oxygens (including phenoxy) is 2. The quantitative estimate of drug-likeness (QED) is 0.887. The summed E-state index contributed by atoms with van der Waals surface area (Å²) in [5.41, 5.74) is 1.66. The minimum absolute atomic E-state index is 0.0960. The molecular formula is C18H24N4O3S. The lowest BCUT2D eigenvalue weighted by atomic mass is 10.1. The summed E-state index contributed by atoms with van der Waals surface area (Å²) in [5, 5.41) is 6.00. The molecule has 2 amide bonds. The van der Waals surface area contributed by atoms with E-state index in [1.54, 1.807) is 31.6 Å². The predicted octanol–water partition coefficient (Wildman–Crippen LogP) is 3.21. The van der Waals surface area contributed by atoms with Gasteiger partial charge >= 0.3 is 6.03 Å². The van der Waals surface area contributed by atoms with E-state index in [9.17, 15) is 4.79 Å². The second-order valence-corrected chi connectivity index (χ2v) is 6.97. The molecule has 2 heterocycles. The summed E-state index contributed by atoms with van der Waals surface area (Å²) in [6.45, 7) is 5.01. The summed E-state index contributed by atoms with van der Waals surface area (Å²) in [7, 11) is 3.18. The Labute approximate surface area is 157 Å². The fraction of sp³-hybridized carbons (Fsp3) is 0.444. The molecule has 1 aliphatic heterocycles. The Morgan fingerprint density at radius 3 is 2.62 bits per heavy atom. The lowest BCUT2D eigenvalue weighted by Gasteiger charge is -2.23. The number of urea groups is 1. The van der Waals surface area contributed by atoms with E-state index in [1.807, 2.05) is 29.5 Å². The summed E-state index contributed by atoms with van der Waals surface area (Å²) in [6, 6.07) is 3.56. The molecule has 1 N–H and O–H groups in total. The summed E-state index contributed by atoms with van der Waals surface area (Å²) in [5.74, 6) is 1.25. The van der Waals surface area contributed by atoms with Crippen molar-refractivity contribution in [1.29, 1.82) is 0 Å². The Kier molecular flexibility index (Phi) is 5.82. The van der Waals surface area contributed by atoms with E-state index in [0.717, 1.165) is 42.4 Å². The molecule has 8 heteroatoms. The molecule has 0 spiro atoms. The molecule has 0 unspecified atom stereocenters. The number of rotatable bonds is 4. The number of carbonyl (C=O) groups excluding carboxylic acids is 1. The van der Waals surface area contributed by atoms with Crippen LogP contribution in [0.3, 0.4) is 0 Å². The summed E-state index contributed by atoms with van der Waals surface area (Å²) in [4.78, 5) is 21.2. The smallest absolute Gasteiger partial charge is 0.321 e. The average Bonchev–Trinajstić information content (AvgIpc) is 3.07. The van der Waals surface area contributed by atoms with Gasteiger partial charge in [0.05, 0.1) is 14.2 Å². The zero-order valence-corrected chi connectivity index (χ0v) is 16.1. The lowest BCUT2D eigenvalue weighted by Crippen LogP contribution is -2.38. The van der Waals surface area contributed by atoms with Crippen LogP contribution in [0.4, 0.5) is 15.6 Å². The predicted molar refractivity (Wildman–Crippen MR) is 104 cm³/mol. The van der Waals surface area contributed by atoms with Crippen molar-refractivity contribution in [3.05, 3.63) is 29.3 Å². The highest BCUT2D eigenvalue weighted by atomic mass is 32.1. The zero-order chi connectivity index (χ0) is 18.5. The van der Waals surface area contributed by atoms with Crippen LogP contribution in [-0.2, 0) is 0 Å². The molecule has 1 aromatic heterocycles. The van der Waals surface area contributed by atoms with Crippen LogP contribution in [0.1, 0.15) is 12.0 Å². The minimum Gasteiger partial charge on any atom is -0.493 e. The fourth-order valence-corrected chi connectivity index (χ4v) is 3.69. The number of nitrogens with zero attached hydrogens (tertiary/aromatic N) is 3. The third-order valence-electron chi connectivity index (χ3n) is 4.45. The molecule has 0 aliphatic carbocycles. The highest BCUT2D eigenvalue weighted by molar-refractivity contribution is 7.13. The maximum Gasteiger partial charge on any atom is 0.321 e. The molecule has 0 atom stereocenters. The minimum atomic E-state index is -0.0960. The molecule has 7 nitrogen and oxygen atoms in total. The molecular weight excluding hydrogens is 352 g/mol. The largest absolute Gasteiger partial charge is 0.493 e. The van der Waals surface area contributed by atoms with Crippen molar-refractivity contribution in [3.63, 3.8) is 0 Å². The maximum absolute atomic E-state index is 12.7.